The van der Waals surface area contributed by atoms with Crippen molar-refractivity contribution in [2.24, 2.45) is 0 Å². The Hall–Kier alpha value is -2.27. The molecule has 1 aromatic heterocycles. The van der Waals surface area contributed by atoms with Gasteiger partial charge in [-0.25, -0.2) is 4.39 Å². The number of ether oxygens (including phenoxy) is 1. The first-order valence-electron chi connectivity index (χ1n) is 7.78. The van der Waals surface area contributed by atoms with Gasteiger partial charge in [-0.15, -0.1) is 0 Å². The standard InChI is InChI=1S/C18H19FN2O2/c19-15-4-1-3-13(11-15)12-17(22)21-16-5-2-10-23-18(16)14-6-8-20-9-7-14/h1,3-4,6-9,11,16,18H,2,5,10,12H2,(H,21,22)/t16-,18+/m0/s1. The van der Waals surface area contributed by atoms with Crippen LogP contribution in [0, 0.1) is 5.82 Å². The van der Waals surface area contributed by atoms with E-state index in [-0.39, 0.29) is 30.3 Å². The van der Waals surface area contributed by atoms with Gasteiger partial charge in [0.2, 0.25) is 5.91 Å². The third-order valence-electron chi connectivity index (χ3n) is 3.96. The fourth-order valence-electron chi connectivity index (χ4n) is 2.90. The summed E-state index contributed by atoms with van der Waals surface area (Å²) in [5, 5.41) is 3.03. The highest BCUT2D eigenvalue weighted by molar-refractivity contribution is 5.79. The minimum absolute atomic E-state index is 0.0767. The van der Waals surface area contributed by atoms with Crippen molar-refractivity contribution in [1.29, 1.82) is 0 Å². The Morgan fingerprint density at radius 1 is 1.30 bits per heavy atom. The van der Waals surface area contributed by atoms with Gasteiger partial charge in [0.05, 0.1) is 12.5 Å². The zero-order chi connectivity index (χ0) is 16.1. The van der Waals surface area contributed by atoms with Crippen molar-refractivity contribution in [3.63, 3.8) is 0 Å². The molecule has 1 aliphatic heterocycles. The molecule has 3 rings (SSSR count). The van der Waals surface area contributed by atoms with Crippen LogP contribution in [0.25, 0.3) is 0 Å². The van der Waals surface area contributed by atoms with Crippen LogP contribution in [0.5, 0.6) is 0 Å². The molecule has 1 saturated heterocycles. The first kappa shape index (κ1) is 15.6. The lowest BCUT2D eigenvalue weighted by Gasteiger charge is -2.32. The SMILES string of the molecule is O=C(Cc1cccc(F)c1)N[C@H]1CCCO[C@@H]1c1ccncc1. The normalized spacial score (nSPS) is 20.9. The zero-order valence-electron chi connectivity index (χ0n) is 12.7. The Labute approximate surface area is 134 Å². The number of hydrogen-bond acceptors (Lipinski definition) is 3. The maximum Gasteiger partial charge on any atom is 0.224 e. The lowest BCUT2D eigenvalue weighted by molar-refractivity contribution is -0.123. The van der Waals surface area contributed by atoms with Crippen LogP contribution in [0.4, 0.5) is 4.39 Å². The van der Waals surface area contributed by atoms with Gasteiger partial charge in [0.25, 0.3) is 0 Å². The van der Waals surface area contributed by atoms with Crippen LogP contribution in [0.1, 0.15) is 30.1 Å². The van der Waals surface area contributed by atoms with E-state index in [1.807, 2.05) is 12.1 Å². The highest BCUT2D eigenvalue weighted by Gasteiger charge is 2.28. The van der Waals surface area contributed by atoms with E-state index in [1.165, 1.54) is 12.1 Å². The van der Waals surface area contributed by atoms with Gasteiger partial charge in [0.1, 0.15) is 11.9 Å². The Kier molecular flexibility index (Phi) is 4.98. The predicted octanol–water partition coefficient (Wildman–Crippen LogP) is 2.80. The second kappa shape index (κ2) is 7.33. The maximum absolute atomic E-state index is 13.2. The van der Waals surface area contributed by atoms with Crippen molar-refractivity contribution in [3.05, 3.63) is 65.7 Å². The van der Waals surface area contributed by atoms with Crippen molar-refractivity contribution in [1.82, 2.24) is 10.3 Å². The number of nitrogens with one attached hydrogen (secondary N) is 1. The van der Waals surface area contributed by atoms with E-state index in [2.05, 4.69) is 10.3 Å². The quantitative estimate of drug-likeness (QED) is 0.944. The molecule has 1 amide bonds. The summed E-state index contributed by atoms with van der Waals surface area (Å²) in [4.78, 5) is 16.3. The predicted molar refractivity (Wildman–Crippen MR) is 84.2 cm³/mol. The van der Waals surface area contributed by atoms with E-state index in [0.717, 1.165) is 18.4 Å². The van der Waals surface area contributed by atoms with Crippen LogP contribution < -0.4 is 5.32 Å². The monoisotopic (exact) mass is 314 g/mol. The fraction of sp³-hybridized carbons (Fsp3) is 0.333. The minimum Gasteiger partial charge on any atom is -0.371 e. The number of hydrogen-bond donors (Lipinski definition) is 1. The van der Waals surface area contributed by atoms with Gasteiger partial charge in [-0.3, -0.25) is 9.78 Å². The van der Waals surface area contributed by atoms with Crippen molar-refractivity contribution in [2.45, 2.75) is 31.4 Å². The Bertz CT molecular complexity index is 663. The molecule has 120 valence electrons. The largest absolute Gasteiger partial charge is 0.371 e. The highest BCUT2D eigenvalue weighted by Crippen LogP contribution is 2.28. The fourth-order valence-corrected chi connectivity index (χ4v) is 2.90. The van der Waals surface area contributed by atoms with Crippen molar-refractivity contribution < 1.29 is 13.9 Å². The third kappa shape index (κ3) is 4.13. The van der Waals surface area contributed by atoms with Gasteiger partial charge in [0, 0.05) is 19.0 Å². The summed E-state index contributed by atoms with van der Waals surface area (Å²) >= 11 is 0. The molecule has 1 aliphatic rings. The minimum atomic E-state index is -0.328. The Balaban J connectivity index is 1.66. The average Bonchev–Trinajstić information content (AvgIpc) is 2.56. The van der Waals surface area contributed by atoms with E-state index in [0.29, 0.717) is 12.2 Å². The first-order chi connectivity index (χ1) is 11.2. The van der Waals surface area contributed by atoms with Crippen LogP contribution in [-0.2, 0) is 16.0 Å². The van der Waals surface area contributed by atoms with E-state index in [9.17, 15) is 9.18 Å². The molecule has 1 aromatic carbocycles. The van der Waals surface area contributed by atoms with Gasteiger partial charge < -0.3 is 10.1 Å². The van der Waals surface area contributed by atoms with Gasteiger partial charge >= 0.3 is 0 Å². The van der Waals surface area contributed by atoms with Crippen molar-refractivity contribution in [2.75, 3.05) is 6.61 Å². The van der Waals surface area contributed by atoms with Crippen LogP contribution in [0.3, 0.4) is 0 Å². The molecule has 5 heteroatoms. The topological polar surface area (TPSA) is 51.2 Å². The smallest absolute Gasteiger partial charge is 0.224 e. The molecule has 0 bridgehead atoms. The van der Waals surface area contributed by atoms with Crippen molar-refractivity contribution in [3.8, 4) is 0 Å². The summed E-state index contributed by atoms with van der Waals surface area (Å²) in [7, 11) is 0. The number of nitrogens with zero attached hydrogens (tertiary/aromatic N) is 1. The lowest BCUT2D eigenvalue weighted by Crippen LogP contribution is -2.43. The molecular formula is C18H19FN2O2. The highest BCUT2D eigenvalue weighted by atomic mass is 19.1. The maximum atomic E-state index is 13.2. The second-order valence-electron chi connectivity index (χ2n) is 5.69. The van der Waals surface area contributed by atoms with E-state index in [4.69, 9.17) is 4.74 Å². The van der Waals surface area contributed by atoms with E-state index < -0.39 is 0 Å². The molecule has 0 saturated carbocycles. The number of carbonyl (C=O) groups excluding carboxylic acids is 1. The Morgan fingerprint density at radius 2 is 2.13 bits per heavy atom. The van der Waals surface area contributed by atoms with E-state index >= 15 is 0 Å². The average molecular weight is 314 g/mol. The van der Waals surface area contributed by atoms with Gasteiger partial charge in [-0.05, 0) is 48.2 Å². The summed E-state index contributed by atoms with van der Waals surface area (Å²) < 4.78 is 19.0. The van der Waals surface area contributed by atoms with Crippen LogP contribution in [-0.4, -0.2) is 23.5 Å². The summed E-state index contributed by atoms with van der Waals surface area (Å²) in [5.74, 6) is -0.448. The molecule has 0 radical (unpaired) electrons. The van der Waals surface area contributed by atoms with Crippen LogP contribution in [0.2, 0.25) is 0 Å². The van der Waals surface area contributed by atoms with Gasteiger partial charge in [0.15, 0.2) is 0 Å². The summed E-state index contributed by atoms with van der Waals surface area (Å²) in [5.41, 5.74) is 1.68. The molecule has 0 aliphatic carbocycles. The number of carbonyl (C=O) groups is 1. The molecular weight excluding hydrogens is 295 g/mol. The molecule has 1 fully saturated rings. The number of amides is 1. The lowest BCUT2D eigenvalue weighted by atomic mass is 9.96. The summed E-state index contributed by atoms with van der Waals surface area (Å²) in [6.07, 6.45) is 5.21. The second-order valence-corrected chi connectivity index (χ2v) is 5.69. The molecule has 4 nitrogen and oxygen atoms in total. The Morgan fingerprint density at radius 3 is 2.91 bits per heavy atom. The number of halogens is 1. The van der Waals surface area contributed by atoms with Crippen LogP contribution >= 0.6 is 0 Å². The number of aromatic nitrogens is 1. The number of rotatable bonds is 4. The third-order valence-corrected chi connectivity index (χ3v) is 3.96. The number of benzene rings is 1. The molecule has 0 spiro atoms. The van der Waals surface area contributed by atoms with Crippen molar-refractivity contribution >= 4 is 5.91 Å². The number of pyridine rings is 1. The first-order valence-corrected chi connectivity index (χ1v) is 7.78. The summed E-state index contributed by atoms with van der Waals surface area (Å²) in [6.45, 7) is 0.684. The van der Waals surface area contributed by atoms with E-state index in [1.54, 1.807) is 24.5 Å². The molecule has 2 atom stereocenters. The molecule has 0 unspecified atom stereocenters. The molecule has 2 aromatic rings. The molecule has 1 N–H and O–H groups in total. The summed E-state index contributed by atoms with van der Waals surface area (Å²) in [6, 6.07) is 9.85. The molecule has 2 heterocycles. The zero-order valence-corrected chi connectivity index (χ0v) is 12.7. The molecule has 23 heavy (non-hydrogen) atoms. The van der Waals surface area contributed by atoms with Gasteiger partial charge in [-0.2, -0.15) is 0 Å². The van der Waals surface area contributed by atoms with Crippen LogP contribution in [0.15, 0.2) is 48.8 Å². The van der Waals surface area contributed by atoms with Gasteiger partial charge in [-0.1, -0.05) is 12.1 Å².